The average Bonchev–Trinajstić information content (AvgIpc) is 2.84. The number of hydrogen-bond acceptors (Lipinski definition) is 4. The quantitative estimate of drug-likeness (QED) is 0.615. The molecule has 2 heterocycles. The highest BCUT2D eigenvalue weighted by Gasteiger charge is 2.34. The molecule has 6 heteroatoms. The summed E-state index contributed by atoms with van der Waals surface area (Å²) < 4.78 is 1.32. The van der Waals surface area contributed by atoms with Crippen LogP contribution in [-0.2, 0) is 22.4 Å². The lowest BCUT2D eigenvalue weighted by Gasteiger charge is -2.26. The van der Waals surface area contributed by atoms with Crippen LogP contribution in [0.5, 0.6) is 11.8 Å². The molecular weight excluding hydrogens is 332 g/mol. The van der Waals surface area contributed by atoms with Crippen LogP contribution >= 0.6 is 0 Å². The van der Waals surface area contributed by atoms with E-state index in [2.05, 4.69) is 26.1 Å². The molecule has 0 radical (unpaired) electrons. The van der Waals surface area contributed by atoms with E-state index >= 15 is 0 Å². The van der Waals surface area contributed by atoms with Gasteiger partial charge in [-0.2, -0.15) is 0 Å². The maximum Gasteiger partial charge on any atom is 0.249 e. The molecule has 1 aliphatic heterocycles. The third-order valence-corrected chi connectivity index (χ3v) is 6.07. The molecular formula is C20H32N2O4. The second-order valence-corrected chi connectivity index (χ2v) is 7.71. The molecule has 2 rings (SSSR count). The maximum absolute atomic E-state index is 12.2. The molecule has 26 heavy (non-hydrogen) atoms. The molecule has 0 spiro atoms. The summed E-state index contributed by atoms with van der Waals surface area (Å²) in [6, 6.07) is -0.749. The molecule has 6 nitrogen and oxygen atoms in total. The zero-order chi connectivity index (χ0) is 19.5. The van der Waals surface area contributed by atoms with Gasteiger partial charge in [-0.15, -0.1) is 0 Å². The van der Waals surface area contributed by atoms with E-state index in [-0.39, 0.29) is 35.9 Å². The van der Waals surface area contributed by atoms with Gasteiger partial charge in [0.15, 0.2) is 11.8 Å². The molecule has 0 aliphatic carbocycles. The van der Waals surface area contributed by atoms with Crippen molar-refractivity contribution in [2.24, 2.45) is 5.41 Å². The molecule has 2 amide bonds. The van der Waals surface area contributed by atoms with Gasteiger partial charge in [0.2, 0.25) is 11.8 Å². The Balaban J connectivity index is 2.39. The van der Waals surface area contributed by atoms with Gasteiger partial charge >= 0.3 is 0 Å². The van der Waals surface area contributed by atoms with Crippen LogP contribution in [0, 0.1) is 5.41 Å². The summed E-state index contributed by atoms with van der Waals surface area (Å²) in [5.41, 5.74) is 1.65. The smallest absolute Gasteiger partial charge is 0.249 e. The van der Waals surface area contributed by atoms with E-state index in [0.717, 1.165) is 36.8 Å². The molecule has 0 aromatic carbocycles. The zero-order valence-electron chi connectivity index (χ0n) is 16.4. The van der Waals surface area contributed by atoms with Crippen molar-refractivity contribution < 1.29 is 19.8 Å². The monoisotopic (exact) mass is 364 g/mol. The lowest BCUT2D eigenvalue weighted by atomic mass is 9.79. The lowest BCUT2D eigenvalue weighted by Crippen LogP contribution is -2.41. The Kier molecular flexibility index (Phi) is 6.37. The van der Waals surface area contributed by atoms with E-state index < -0.39 is 11.9 Å². The van der Waals surface area contributed by atoms with Gasteiger partial charge in [-0.3, -0.25) is 19.5 Å². The number of rotatable bonds is 8. The number of carbonyl (C=O) groups excluding carboxylic acids is 2. The van der Waals surface area contributed by atoms with Crippen molar-refractivity contribution in [3.8, 4) is 11.8 Å². The summed E-state index contributed by atoms with van der Waals surface area (Å²) in [5.74, 6) is -0.852. The molecule has 1 atom stereocenters. The minimum Gasteiger partial charge on any atom is -0.494 e. The van der Waals surface area contributed by atoms with Crippen LogP contribution in [0.2, 0.25) is 0 Å². The second kappa shape index (κ2) is 8.14. The first-order valence-corrected chi connectivity index (χ1v) is 9.75. The second-order valence-electron chi connectivity index (χ2n) is 7.71. The Labute approximate surface area is 155 Å². The van der Waals surface area contributed by atoms with Crippen molar-refractivity contribution in [2.45, 2.75) is 85.1 Å². The molecule has 146 valence electrons. The van der Waals surface area contributed by atoms with Crippen LogP contribution in [0.3, 0.4) is 0 Å². The lowest BCUT2D eigenvalue weighted by molar-refractivity contribution is -0.135. The fraction of sp³-hybridized carbons (Fsp3) is 0.700. The first kappa shape index (κ1) is 20.3. The van der Waals surface area contributed by atoms with Crippen LogP contribution < -0.4 is 5.32 Å². The van der Waals surface area contributed by atoms with Gasteiger partial charge < -0.3 is 10.2 Å². The first-order chi connectivity index (χ1) is 12.3. The van der Waals surface area contributed by atoms with Gasteiger partial charge in [0.05, 0.1) is 0 Å². The van der Waals surface area contributed by atoms with Crippen LogP contribution in [0.25, 0.3) is 0 Å². The predicted molar refractivity (Wildman–Crippen MR) is 100 cm³/mol. The first-order valence-electron chi connectivity index (χ1n) is 9.75. The van der Waals surface area contributed by atoms with Gasteiger partial charge in [0, 0.05) is 17.5 Å². The van der Waals surface area contributed by atoms with E-state index in [1.807, 2.05) is 6.92 Å². The van der Waals surface area contributed by atoms with E-state index in [1.54, 1.807) is 0 Å². The highest BCUT2D eigenvalue weighted by atomic mass is 16.3. The van der Waals surface area contributed by atoms with Gasteiger partial charge in [-0.05, 0) is 31.1 Å². The average molecular weight is 364 g/mol. The van der Waals surface area contributed by atoms with Gasteiger partial charge in [-0.25, -0.2) is 0 Å². The SMILES string of the molecule is CCCc1c(CCC(C)(CC)CC)c(O)n(C2CCC(=O)NC2=O)c1O. The molecule has 3 N–H and O–H groups in total. The van der Waals surface area contributed by atoms with Crippen LogP contribution in [-0.4, -0.2) is 26.6 Å². The summed E-state index contributed by atoms with van der Waals surface area (Å²) in [4.78, 5) is 23.6. The van der Waals surface area contributed by atoms with Gasteiger partial charge in [0.25, 0.3) is 0 Å². The van der Waals surface area contributed by atoms with E-state index in [0.29, 0.717) is 12.8 Å². The zero-order valence-corrected chi connectivity index (χ0v) is 16.4. The largest absolute Gasteiger partial charge is 0.494 e. The molecule has 0 saturated carbocycles. The number of nitrogens with one attached hydrogen (secondary N) is 1. The molecule has 1 fully saturated rings. The Bertz CT molecular complexity index is 674. The van der Waals surface area contributed by atoms with Crippen molar-refractivity contribution in [3.05, 3.63) is 11.1 Å². The third kappa shape index (κ3) is 3.89. The summed E-state index contributed by atoms with van der Waals surface area (Å²) in [7, 11) is 0. The molecule has 1 saturated heterocycles. The molecule has 1 aliphatic rings. The van der Waals surface area contributed by atoms with Crippen molar-refractivity contribution in [1.82, 2.24) is 9.88 Å². The molecule has 1 aromatic heterocycles. The fourth-order valence-corrected chi connectivity index (χ4v) is 3.69. The highest BCUT2D eigenvalue weighted by Crippen LogP contribution is 2.42. The number of hydrogen-bond donors (Lipinski definition) is 3. The number of nitrogens with zero attached hydrogens (tertiary/aromatic N) is 1. The van der Waals surface area contributed by atoms with Crippen molar-refractivity contribution in [3.63, 3.8) is 0 Å². The minimum atomic E-state index is -0.749. The number of carbonyl (C=O) groups is 2. The number of aromatic hydroxyl groups is 2. The summed E-state index contributed by atoms with van der Waals surface area (Å²) in [5, 5.41) is 23.9. The van der Waals surface area contributed by atoms with E-state index in [4.69, 9.17) is 0 Å². The number of amides is 2. The van der Waals surface area contributed by atoms with Gasteiger partial charge in [0.1, 0.15) is 6.04 Å². The summed E-state index contributed by atoms with van der Waals surface area (Å²) >= 11 is 0. The highest BCUT2D eigenvalue weighted by molar-refractivity contribution is 5.99. The Morgan fingerprint density at radius 3 is 2.15 bits per heavy atom. The fourth-order valence-electron chi connectivity index (χ4n) is 3.69. The standard InChI is InChI=1S/C20H32N2O4/c1-5-8-13-14(11-12-20(4,6-2)7-3)19(26)22(18(13)25)15-9-10-16(23)21-17(15)24/h15,25-26H,5-12H2,1-4H3,(H,21,23,24). The Hall–Kier alpha value is -1.98. The Morgan fingerprint density at radius 2 is 1.65 bits per heavy atom. The minimum absolute atomic E-state index is 0.0324. The summed E-state index contributed by atoms with van der Waals surface area (Å²) in [6.45, 7) is 8.59. The van der Waals surface area contributed by atoms with E-state index in [9.17, 15) is 19.8 Å². The Morgan fingerprint density at radius 1 is 1.08 bits per heavy atom. The maximum atomic E-state index is 12.2. The van der Waals surface area contributed by atoms with Crippen molar-refractivity contribution in [2.75, 3.05) is 0 Å². The summed E-state index contributed by atoms with van der Waals surface area (Å²) in [6.07, 6.45) is 5.63. The van der Waals surface area contributed by atoms with Gasteiger partial charge in [-0.1, -0.05) is 47.0 Å². The number of piperidine rings is 1. The van der Waals surface area contributed by atoms with Crippen LogP contribution in [0.4, 0.5) is 0 Å². The predicted octanol–water partition coefficient (Wildman–Crippen LogP) is 3.59. The van der Waals surface area contributed by atoms with Crippen molar-refractivity contribution >= 4 is 11.8 Å². The number of aromatic nitrogens is 1. The topological polar surface area (TPSA) is 91.6 Å². The van der Waals surface area contributed by atoms with Crippen LogP contribution in [0.1, 0.15) is 83.4 Å². The number of imide groups is 1. The third-order valence-electron chi connectivity index (χ3n) is 6.07. The van der Waals surface area contributed by atoms with Crippen molar-refractivity contribution in [1.29, 1.82) is 0 Å². The van der Waals surface area contributed by atoms with Crippen LogP contribution in [0.15, 0.2) is 0 Å². The molecule has 1 aromatic rings. The molecule has 0 bridgehead atoms. The molecule has 1 unspecified atom stereocenters. The van der Waals surface area contributed by atoms with E-state index in [1.165, 1.54) is 4.57 Å². The normalized spacial score (nSPS) is 18.2.